The zero-order chi connectivity index (χ0) is 9.97. The molecule has 14 heavy (non-hydrogen) atoms. The zero-order valence-corrected chi connectivity index (χ0v) is 9.73. The topological polar surface area (TPSA) is 17.0 Å². The van der Waals surface area contributed by atoms with Gasteiger partial charge in [-0.05, 0) is 50.3 Å². The molecule has 1 aromatic heterocycles. The van der Waals surface area contributed by atoms with E-state index in [2.05, 4.69) is 47.8 Å². The van der Waals surface area contributed by atoms with Crippen LogP contribution in [0.25, 0.3) is 0 Å². The SMILES string of the molecule is Cc1ccc(C)n1NC1CCSCC1. The molecule has 78 valence electrons. The summed E-state index contributed by atoms with van der Waals surface area (Å²) in [6.45, 7) is 4.30. The van der Waals surface area contributed by atoms with Gasteiger partial charge in [-0.2, -0.15) is 11.8 Å². The third kappa shape index (κ3) is 2.08. The van der Waals surface area contributed by atoms with Crippen LogP contribution in [0.4, 0.5) is 0 Å². The Morgan fingerprint density at radius 2 is 1.79 bits per heavy atom. The van der Waals surface area contributed by atoms with Crippen molar-refractivity contribution in [2.45, 2.75) is 32.7 Å². The van der Waals surface area contributed by atoms with Crippen molar-refractivity contribution in [2.24, 2.45) is 0 Å². The van der Waals surface area contributed by atoms with E-state index in [1.165, 1.54) is 35.7 Å². The van der Waals surface area contributed by atoms with E-state index in [0.717, 1.165) is 0 Å². The van der Waals surface area contributed by atoms with Crippen molar-refractivity contribution in [3.63, 3.8) is 0 Å². The number of aromatic nitrogens is 1. The standard InChI is InChI=1S/C11H18N2S/c1-9-3-4-10(2)13(9)12-11-5-7-14-8-6-11/h3-4,11-12H,5-8H2,1-2H3. The van der Waals surface area contributed by atoms with Gasteiger partial charge in [-0.25, -0.2) is 0 Å². The van der Waals surface area contributed by atoms with Gasteiger partial charge in [0.15, 0.2) is 0 Å². The van der Waals surface area contributed by atoms with Crippen molar-refractivity contribution in [3.05, 3.63) is 23.5 Å². The van der Waals surface area contributed by atoms with Gasteiger partial charge in [0.05, 0.1) is 0 Å². The molecule has 3 heteroatoms. The molecule has 1 saturated heterocycles. The van der Waals surface area contributed by atoms with Gasteiger partial charge in [-0.1, -0.05) is 0 Å². The molecule has 0 bridgehead atoms. The highest BCUT2D eigenvalue weighted by Gasteiger charge is 2.14. The molecule has 2 nitrogen and oxygen atoms in total. The minimum atomic E-state index is 0.668. The van der Waals surface area contributed by atoms with Crippen molar-refractivity contribution in [2.75, 3.05) is 16.9 Å². The molecule has 0 aromatic carbocycles. The fraction of sp³-hybridized carbons (Fsp3) is 0.636. The van der Waals surface area contributed by atoms with Crippen molar-refractivity contribution in [1.29, 1.82) is 0 Å². The van der Waals surface area contributed by atoms with Crippen LogP contribution in [0.15, 0.2) is 12.1 Å². The number of rotatable bonds is 2. The van der Waals surface area contributed by atoms with Gasteiger partial charge < -0.3 is 5.43 Å². The van der Waals surface area contributed by atoms with Gasteiger partial charge in [-0.3, -0.25) is 4.68 Å². The number of hydrogen-bond acceptors (Lipinski definition) is 2. The van der Waals surface area contributed by atoms with E-state index in [1.807, 2.05) is 0 Å². The third-order valence-corrected chi connectivity index (χ3v) is 3.85. The molecule has 1 aliphatic rings. The number of thioether (sulfide) groups is 1. The quantitative estimate of drug-likeness (QED) is 0.808. The maximum absolute atomic E-state index is 3.60. The van der Waals surface area contributed by atoms with Crippen molar-refractivity contribution in [3.8, 4) is 0 Å². The first-order valence-corrected chi connectivity index (χ1v) is 6.42. The van der Waals surface area contributed by atoms with Gasteiger partial charge in [0.1, 0.15) is 0 Å². The van der Waals surface area contributed by atoms with Crippen molar-refractivity contribution >= 4 is 11.8 Å². The van der Waals surface area contributed by atoms with Crippen LogP contribution in [0.3, 0.4) is 0 Å². The Bertz CT molecular complexity index is 281. The molecule has 0 atom stereocenters. The second kappa shape index (κ2) is 4.30. The second-order valence-corrected chi connectivity index (χ2v) is 5.19. The van der Waals surface area contributed by atoms with Gasteiger partial charge in [0.2, 0.25) is 0 Å². The lowest BCUT2D eigenvalue weighted by Gasteiger charge is -2.25. The lowest BCUT2D eigenvalue weighted by Crippen LogP contribution is -2.32. The summed E-state index contributed by atoms with van der Waals surface area (Å²) in [5, 5.41) is 0. The molecular weight excluding hydrogens is 192 g/mol. The van der Waals surface area contributed by atoms with Gasteiger partial charge >= 0.3 is 0 Å². The molecule has 0 aliphatic carbocycles. The Labute approximate surface area is 90.0 Å². The monoisotopic (exact) mass is 210 g/mol. The molecule has 0 radical (unpaired) electrons. The minimum absolute atomic E-state index is 0.668. The summed E-state index contributed by atoms with van der Waals surface area (Å²) in [6.07, 6.45) is 2.59. The Hall–Kier alpha value is -0.570. The summed E-state index contributed by atoms with van der Waals surface area (Å²) in [4.78, 5) is 0. The first-order valence-electron chi connectivity index (χ1n) is 5.26. The lowest BCUT2D eigenvalue weighted by molar-refractivity contribution is 0.587. The van der Waals surface area contributed by atoms with Crippen LogP contribution in [0.1, 0.15) is 24.2 Å². The minimum Gasteiger partial charge on any atom is -0.323 e. The van der Waals surface area contributed by atoms with Gasteiger partial charge in [0.25, 0.3) is 0 Å². The maximum atomic E-state index is 3.60. The van der Waals surface area contributed by atoms with E-state index in [1.54, 1.807) is 0 Å². The third-order valence-electron chi connectivity index (χ3n) is 2.80. The van der Waals surface area contributed by atoms with Crippen LogP contribution >= 0.6 is 11.8 Å². The van der Waals surface area contributed by atoms with Gasteiger partial charge in [0, 0.05) is 17.4 Å². The molecule has 1 fully saturated rings. The van der Waals surface area contributed by atoms with Crippen LogP contribution in [0.2, 0.25) is 0 Å². The van der Waals surface area contributed by atoms with E-state index in [0.29, 0.717) is 6.04 Å². The highest BCUT2D eigenvalue weighted by molar-refractivity contribution is 7.99. The average molecular weight is 210 g/mol. The largest absolute Gasteiger partial charge is 0.323 e. The Morgan fingerprint density at radius 3 is 2.36 bits per heavy atom. The normalized spacial score (nSPS) is 18.4. The Kier molecular flexibility index (Phi) is 3.06. The highest BCUT2D eigenvalue weighted by Crippen LogP contribution is 2.18. The van der Waals surface area contributed by atoms with Crippen molar-refractivity contribution in [1.82, 2.24) is 4.68 Å². The first-order chi connectivity index (χ1) is 6.77. The molecule has 1 N–H and O–H groups in total. The van der Waals surface area contributed by atoms with E-state index < -0.39 is 0 Å². The van der Waals surface area contributed by atoms with Crippen molar-refractivity contribution < 1.29 is 0 Å². The van der Waals surface area contributed by atoms with E-state index in [9.17, 15) is 0 Å². The number of nitrogens with zero attached hydrogens (tertiary/aromatic N) is 1. The van der Waals surface area contributed by atoms with Crippen LogP contribution in [0, 0.1) is 13.8 Å². The lowest BCUT2D eigenvalue weighted by atomic mass is 10.2. The molecule has 0 spiro atoms. The Balaban J connectivity index is 2.02. The fourth-order valence-electron chi connectivity index (χ4n) is 1.88. The second-order valence-electron chi connectivity index (χ2n) is 3.97. The fourth-order valence-corrected chi connectivity index (χ4v) is 2.99. The predicted octanol–water partition coefficient (Wildman–Crippen LogP) is 2.54. The Morgan fingerprint density at radius 1 is 1.21 bits per heavy atom. The van der Waals surface area contributed by atoms with Crippen LogP contribution < -0.4 is 5.43 Å². The predicted molar refractivity (Wildman–Crippen MR) is 63.6 cm³/mol. The molecule has 1 aromatic rings. The summed E-state index contributed by atoms with van der Waals surface area (Å²) in [6, 6.07) is 5.00. The maximum Gasteiger partial charge on any atom is 0.0440 e. The summed E-state index contributed by atoms with van der Waals surface area (Å²) in [5.74, 6) is 2.61. The van der Waals surface area contributed by atoms with E-state index >= 15 is 0 Å². The van der Waals surface area contributed by atoms with Crippen LogP contribution in [0.5, 0.6) is 0 Å². The summed E-state index contributed by atoms with van der Waals surface area (Å²) in [5.41, 5.74) is 6.21. The summed E-state index contributed by atoms with van der Waals surface area (Å²) < 4.78 is 2.22. The zero-order valence-electron chi connectivity index (χ0n) is 8.92. The molecule has 2 heterocycles. The first kappa shape index (κ1) is 9.97. The molecule has 1 aliphatic heterocycles. The van der Waals surface area contributed by atoms with E-state index in [4.69, 9.17) is 0 Å². The number of aryl methyl sites for hydroxylation is 2. The van der Waals surface area contributed by atoms with Gasteiger partial charge in [-0.15, -0.1) is 0 Å². The summed E-state index contributed by atoms with van der Waals surface area (Å²) in [7, 11) is 0. The summed E-state index contributed by atoms with van der Waals surface area (Å²) >= 11 is 2.07. The van der Waals surface area contributed by atoms with Crippen LogP contribution in [-0.2, 0) is 0 Å². The molecule has 0 unspecified atom stereocenters. The highest BCUT2D eigenvalue weighted by atomic mass is 32.2. The smallest absolute Gasteiger partial charge is 0.0440 e. The number of hydrogen-bond donors (Lipinski definition) is 1. The molecular formula is C11H18N2S. The molecule has 0 amide bonds. The van der Waals surface area contributed by atoms with E-state index in [-0.39, 0.29) is 0 Å². The van der Waals surface area contributed by atoms with Crippen LogP contribution in [-0.4, -0.2) is 22.2 Å². The number of nitrogens with one attached hydrogen (secondary N) is 1. The molecule has 0 saturated carbocycles. The average Bonchev–Trinajstić information content (AvgIpc) is 2.51. The molecule has 2 rings (SSSR count).